The summed E-state index contributed by atoms with van der Waals surface area (Å²) < 4.78 is 5.51. The highest BCUT2D eigenvalue weighted by Crippen LogP contribution is 2.11. The van der Waals surface area contributed by atoms with Gasteiger partial charge in [0, 0.05) is 31.2 Å². The van der Waals surface area contributed by atoms with Gasteiger partial charge in [0.1, 0.15) is 0 Å². The Morgan fingerprint density at radius 2 is 2.14 bits per heavy atom. The van der Waals surface area contributed by atoms with E-state index >= 15 is 0 Å². The molecule has 2 aliphatic rings. The number of hydrogen-bond donors (Lipinski definition) is 2. The Morgan fingerprint density at radius 3 is 2.77 bits per heavy atom. The molecule has 0 aromatic heterocycles. The molecule has 1 aliphatic carbocycles. The Bertz CT molecular complexity index is 367. The summed E-state index contributed by atoms with van der Waals surface area (Å²) >= 11 is 0. The average Bonchev–Trinajstić information content (AvgIpc) is 2.98. The second-order valence-corrected chi connectivity index (χ2v) is 6.01. The minimum atomic E-state index is 0. The van der Waals surface area contributed by atoms with Crippen molar-refractivity contribution >= 4 is 29.9 Å². The number of ether oxygens (including phenoxy) is 1. The molecular weight excluding hydrogens is 391 g/mol. The predicted octanol–water partition coefficient (Wildman–Crippen LogP) is 1.99. The van der Waals surface area contributed by atoms with E-state index in [0.29, 0.717) is 18.1 Å². The van der Waals surface area contributed by atoms with Crippen molar-refractivity contribution in [1.29, 1.82) is 0 Å². The monoisotopic (exact) mass is 422 g/mol. The number of morpholine rings is 1. The molecule has 2 rings (SSSR count). The van der Waals surface area contributed by atoms with Gasteiger partial charge >= 0.3 is 0 Å². The lowest BCUT2D eigenvalue weighted by Crippen LogP contribution is -2.50. The summed E-state index contributed by atoms with van der Waals surface area (Å²) in [7, 11) is 0. The normalized spacial score (nSPS) is 24.9. The van der Waals surface area contributed by atoms with E-state index in [9.17, 15) is 0 Å². The molecule has 1 saturated heterocycles. The van der Waals surface area contributed by atoms with Crippen molar-refractivity contribution in [2.75, 3.05) is 32.8 Å². The molecule has 2 unspecified atom stereocenters. The van der Waals surface area contributed by atoms with Crippen LogP contribution in [0.3, 0.4) is 0 Å². The van der Waals surface area contributed by atoms with E-state index in [2.05, 4.69) is 48.5 Å². The first-order valence-electron chi connectivity index (χ1n) is 8.24. The van der Waals surface area contributed by atoms with Gasteiger partial charge in [0.25, 0.3) is 0 Å². The highest BCUT2D eigenvalue weighted by atomic mass is 127. The third-order valence-electron chi connectivity index (χ3n) is 4.19. The number of nitrogens with zero attached hydrogens (tertiary/aromatic N) is 2. The topological polar surface area (TPSA) is 48.9 Å². The van der Waals surface area contributed by atoms with Crippen molar-refractivity contribution in [2.24, 2.45) is 4.99 Å². The summed E-state index contributed by atoms with van der Waals surface area (Å²) in [5.74, 6) is 0.943. The van der Waals surface area contributed by atoms with Gasteiger partial charge in [0.05, 0.1) is 19.8 Å². The van der Waals surface area contributed by atoms with Crippen LogP contribution >= 0.6 is 24.0 Å². The fourth-order valence-corrected chi connectivity index (χ4v) is 2.97. The van der Waals surface area contributed by atoms with Crippen LogP contribution in [0.2, 0.25) is 0 Å². The van der Waals surface area contributed by atoms with E-state index in [-0.39, 0.29) is 24.0 Å². The van der Waals surface area contributed by atoms with E-state index in [1.165, 1.54) is 0 Å². The maximum absolute atomic E-state index is 5.51. The standard InChI is InChI=1S/C16H30N4O.HI/c1-4-17-16(19-15-7-5-6-8-15)18-11-13(2)20-9-10-21-12-14(20)3;/h5-6,13-15H,4,7-12H2,1-3H3,(H2,17,18,19);1H. The molecule has 1 aliphatic heterocycles. The van der Waals surface area contributed by atoms with Crippen molar-refractivity contribution in [2.45, 2.75) is 51.7 Å². The third kappa shape index (κ3) is 6.04. The van der Waals surface area contributed by atoms with Crippen LogP contribution in [-0.4, -0.2) is 61.8 Å². The molecule has 22 heavy (non-hydrogen) atoms. The van der Waals surface area contributed by atoms with Crippen LogP contribution < -0.4 is 10.6 Å². The molecule has 6 heteroatoms. The molecule has 2 atom stereocenters. The zero-order chi connectivity index (χ0) is 15.1. The number of nitrogens with one attached hydrogen (secondary N) is 2. The van der Waals surface area contributed by atoms with E-state index < -0.39 is 0 Å². The lowest BCUT2D eigenvalue weighted by Gasteiger charge is -2.37. The van der Waals surface area contributed by atoms with Gasteiger partial charge in [-0.2, -0.15) is 0 Å². The molecule has 0 aromatic carbocycles. The van der Waals surface area contributed by atoms with Gasteiger partial charge < -0.3 is 15.4 Å². The van der Waals surface area contributed by atoms with Gasteiger partial charge in [-0.25, -0.2) is 0 Å². The summed E-state index contributed by atoms with van der Waals surface area (Å²) in [5.41, 5.74) is 0. The van der Waals surface area contributed by atoms with Crippen LogP contribution in [-0.2, 0) is 4.74 Å². The third-order valence-corrected chi connectivity index (χ3v) is 4.19. The zero-order valence-electron chi connectivity index (χ0n) is 14.0. The smallest absolute Gasteiger partial charge is 0.191 e. The fourth-order valence-electron chi connectivity index (χ4n) is 2.97. The number of halogens is 1. The van der Waals surface area contributed by atoms with Crippen LogP contribution in [0.5, 0.6) is 0 Å². The largest absolute Gasteiger partial charge is 0.379 e. The molecule has 0 radical (unpaired) electrons. The molecule has 128 valence electrons. The number of aliphatic imine (C=N–C) groups is 1. The zero-order valence-corrected chi connectivity index (χ0v) is 16.4. The number of guanidine groups is 1. The van der Waals surface area contributed by atoms with Crippen molar-refractivity contribution in [3.05, 3.63) is 12.2 Å². The van der Waals surface area contributed by atoms with Crippen LogP contribution in [0.25, 0.3) is 0 Å². The molecule has 1 fully saturated rings. The van der Waals surface area contributed by atoms with E-state index in [1.54, 1.807) is 0 Å². The molecule has 5 nitrogen and oxygen atoms in total. The summed E-state index contributed by atoms with van der Waals surface area (Å²) in [5, 5.41) is 6.87. The lowest BCUT2D eigenvalue weighted by molar-refractivity contribution is -0.0165. The molecule has 0 bridgehead atoms. The SMILES string of the molecule is CCNC(=NCC(C)N1CCOCC1C)NC1CC=CC1.I. The molecule has 0 saturated carbocycles. The second kappa shape index (κ2) is 10.4. The van der Waals surface area contributed by atoms with Gasteiger partial charge in [-0.3, -0.25) is 9.89 Å². The van der Waals surface area contributed by atoms with Gasteiger partial charge in [-0.1, -0.05) is 12.2 Å². The van der Waals surface area contributed by atoms with Crippen molar-refractivity contribution in [3.63, 3.8) is 0 Å². The fraction of sp³-hybridized carbons (Fsp3) is 0.812. The quantitative estimate of drug-likeness (QED) is 0.308. The molecule has 0 amide bonds. The van der Waals surface area contributed by atoms with E-state index in [0.717, 1.165) is 51.6 Å². The molecule has 0 spiro atoms. The first-order valence-corrected chi connectivity index (χ1v) is 8.24. The number of hydrogen-bond acceptors (Lipinski definition) is 3. The van der Waals surface area contributed by atoms with E-state index in [1.807, 2.05) is 0 Å². The van der Waals surface area contributed by atoms with Crippen LogP contribution in [0.1, 0.15) is 33.6 Å². The summed E-state index contributed by atoms with van der Waals surface area (Å²) in [4.78, 5) is 7.26. The molecule has 1 heterocycles. The second-order valence-electron chi connectivity index (χ2n) is 6.01. The minimum Gasteiger partial charge on any atom is -0.379 e. The van der Waals surface area contributed by atoms with Gasteiger partial charge in [0.15, 0.2) is 5.96 Å². The molecule has 2 N–H and O–H groups in total. The van der Waals surface area contributed by atoms with Gasteiger partial charge in [-0.05, 0) is 33.6 Å². The first kappa shape index (κ1) is 19.7. The Balaban J connectivity index is 0.00000242. The summed E-state index contributed by atoms with van der Waals surface area (Å²) in [6.07, 6.45) is 6.67. The lowest BCUT2D eigenvalue weighted by atomic mass is 10.2. The van der Waals surface area contributed by atoms with Crippen molar-refractivity contribution in [1.82, 2.24) is 15.5 Å². The Kier molecular flexibility index (Phi) is 9.35. The minimum absolute atomic E-state index is 0. The molecular formula is C16H31IN4O. The van der Waals surface area contributed by atoms with Crippen LogP contribution in [0.4, 0.5) is 0 Å². The van der Waals surface area contributed by atoms with Gasteiger partial charge in [-0.15, -0.1) is 24.0 Å². The van der Waals surface area contributed by atoms with Crippen LogP contribution in [0.15, 0.2) is 17.1 Å². The highest BCUT2D eigenvalue weighted by Gasteiger charge is 2.23. The average molecular weight is 422 g/mol. The molecule has 0 aromatic rings. The Morgan fingerprint density at radius 1 is 1.41 bits per heavy atom. The number of rotatable bonds is 5. The van der Waals surface area contributed by atoms with Crippen LogP contribution in [0, 0.1) is 0 Å². The maximum Gasteiger partial charge on any atom is 0.191 e. The first-order chi connectivity index (χ1) is 10.2. The van der Waals surface area contributed by atoms with Crippen molar-refractivity contribution < 1.29 is 4.74 Å². The maximum atomic E-state index is 5.51. The Hall–Kier alpha value is -0.340. The van der Waals surface area contributed by atoms with Crippen molar-refractivity contribution in [3.8, 4) is 0 Å². The Labute approximate surface area is 152 Å². The summed E-state index contributed by atoms with van der Waals surface area (Å²) in [6, 6.07) is 1.43. The highest BCUT2D eigenvalue weighted by molar-refractivity contribution is 14.0. The van der Waals surface area contributed by atoms with E-state index in [4.69, 9.17) is 9.73 Å². The predicted molar refractivity (Wildman–Crippen MR) is 103 cm³/mol. The summed E-state index contributed by atoms with van der Waals surface area (Å²) in [6.45, 7) is 11.0. The van der Waals surface area contributed by atoms with Gasteiger partial charge in [0.2, 0.25) is 0 Å².